The van der Waals surface area contributed by atoms with Crippen molar-refractivity contribution >= 4 is 16.7 Å². The van der Waals surface area contributed by atoms with Crippen LogP contribution in [-0.2, 0) is 0 Å². The molecule has 3 nitrogen and oxygen atoms in total. The van der Waals surface area contributed by atoms with Crippen molar-refractivity contribution in [2.75, 3.05) is 13.1 Å². The van der Waals surface area contributed by atoms with Crippen LogP contribution in [0.5, 0.6) is 0 Å². The van der Waals surface area contributed by atoms with Gasteiger partial charge in [-0.1, -0.05) is 36.4 Å². The molecule has 3 heteroatoms. The fourth-order valence-corrected chi connectivity index (χ4v) is 2.26. The van der Waals surface area contributed by atoms with Gasteiger partial charge in [0.1, 0.15) is 0 Å². The van der Waals surface area contributed by atoms with Gasteiger partial charge in [0.15, 0.2) is 5.96 Å². The standard InChI is InChI=1S/C15H17N3/c1-11(18-15-16-8-9-17-15)13-7-6-12-4-2-3-5-14(12)10-13/h2-7,10-11H,8-9H2,1H3,(H2,16,17,18)/t11-/m0/s1. The van der Waals surface area contributed by atoms with E-state index in [-0.39, 0.29) is 6.04 Å². The average molecular weight is 239 g/mol. The van der Waals surface area contributed by atoms with Gasteiger partial charge in [-0.2, -0.15) is 0 Å². The fourth-order valence-electron chi connectivity index (χ4n) is 2.26. The lowest BCUT2D eigenvalue weighted by Crippen LogP contribution is -2.35. The summed E-state index contributed by atoms with van der Waals surface area (Å²) in [4.78, 5) is 4.36. The van der Waals surface area contributed by atoms with E-state index < -0.39 is 0 Å². The molecule has 2 N–H and O–H groups in total. The van der Waals surface area contributed by atoms with Crippen molar-refractivity contribution in [3.63, 3.8) is 0 Å². The fraction of sp³-hybridized carbons (Fsp3) is 0.267. The van der Waals surface area contributed by atoms with Crippen LogP contribution in [0.3, 0.4) is 0 Å². The molecule has 1 heterocycles. The Bertz CT molecular complexity index is 589. The quantitative estimate of drug-likeness (QED) is 0.844. The molecule has 0 amide bonds. The molecule has 1 atom stereocenters. The van der Waals surface area contributed by atoms with Crippen molar-refractivity contribution in [1.29, 1.82) is 0 Å². The largest absolute Gasteiger partial charge is 0.355 e. The van der Waals surface area contributed by atoms with Crippen LogP contribution in [0.15, 0.2) is 47.5 Å². The lowest BCUT2D eigenvalue weighted by molar-refractivity contribution is 0.703. The summed E-state index contributed by atoms with van der Waals surface area (Å²) >= 11 is 0. The van der Waals surface area contributed by atoms with Crippen molar-refractivity contribution in [1.82, 2.24) is 10.6 Å². The minimum atomic E-state index is 0.263. The second-order valence-corrected chi connectivity index (χ2v) is 4.63. The number of nitrogens with one attached hydrogen (secondary N) is 2. The third-order valence-electron chi connectivity index (χ3n) is 3.30. The number of hydrogen-bond donors (Lipinski definition) is 2. The molecular weight excluding hydrogens is 222 g/mol. The zero-order chi connectivity index (χ0) is 12.4. The summed E-state index contributed by atoms with van der Waals surface area (Å²) in [5, 5.41) is 9.20. The van der Waals surface area contributed by atoms with Crippen molar-refractivity contribution in [3.8, 4) is 0 Å². The molecule has 2 aromatic carbocycles. The summed E-state index contributed by atoms with van der Waals surface area (Å²) < 4.78 is 0. The molecule has 0 spiro atoms. The molecule has 92 valence electrons. The molecule has 3 rings (SSSR count). The predicted molar refractivity (Wildman–Crippen MR) is 75.8 cm³/mol. The van der Waals surface area contributed by atoms with Crippen molar-refractivity contribution < 1.29 is 0 Å². The molecule has 0 aliphatic carbocycles. The summed E-state index contributed by atoms with van der Waals surface area (Å²) in [6.07, 6.45) is 0. The topological polar surface area (TPSA) is 36.4 Å². The summed E-state index contributed by atoms with van der Waals surface area (Å²) in [6, 6.07) is 15.3. The minimum Gasteiger partial charge on any atom is -0.355 e. The van der Waals surface area contributed by atoms with Gasteiger partial charge in [0, 0.05) is 6.54 Å². The number of aliphatic imine (C=N–C) groups is 1. The minimum absolute atomic E-state index is 0.263. The van der Waals surface area contributed by atoms with Crippen LogP contribution in [0, 0.1) is 0 Å². The first-order valence-corrected chi connectivity index (χ1v) is 6.36. The van der Waals surface area contributed by atoms with E-state index in [1.54, 1.807) is 0 Å². The molecule has 0 fully saturated rings. The lowest BCUT2D eigenvalue weighted by atomic mass is 10.0. The Balaban J connectivity index is 1.84. The maximum Gasteiger partial charge on any atom is 0.191 e. The van der Waals surface area contributed by atoms with Crippen molar-refractivity contribution in [3.05, 3.63) is 48.0 Å². The van der Waals surface area contributed by atoms with E-state index in [4.69, 9.17) is 0 Å². The maximum absolute atomic E-state index is 4.36. The van der Waals surface area contributed by atoms with Crippen LogP contribution in [0.25, 0.3) is 10.8 Å². The Hall–Kier alpha value is -2.03. The normalized spacial score (nSPS) is 16.2. The van der Waals surface area contributed by atoms with Crippen LogP contribution in [0.1, 0.15) is 18.5 Å². The second-order valence-electron chi connectivity index (χ2n) is 4.63. The van der Waals surface area contributed by atoms with E-state index in [1.807, 2.05) is 0 Å². The highest BCUT2D eigenvalue weighted by Gasteiger charge is 2.10. The molecule has 0 saturated carbocycles. The van der Waals surface area contributed by atoms with E-state index in [0.717, 1.165) is 19.0 Å². The van der Waals surface area contributed by atoms with E-state index in [9.17, 15) is 0 Å². The van der Waals surface area contributed by atoms with Gasteiger partial charge in [0.2, 0.25) is 0 Å². The first kappa shape index (κ1) is 11.1. The Kier molecular flexibility index (Phi) is 2.89. The zero-order valence-electron chi connectivity index (χ0n) is 10.5. The second kappa shape index (κ2) is 4.69. The summed E-state index contributed by atoms with van der Waals surface area (Å²) in [5.41, 5.74) is 1.28. The summed E-state index contributed by atoms with van der Waals surface area (Å²) in [6.45, 7) is 3.96. The third-order valence-corrected chi connectivity index (χ3v) is 3.30. The molecule has 0 radical (unpaired) electrons. The molecule has 1 aliphatic rings. The Labute approximate surface area is 107 Å². The van der Waals surface area contributed by atoms with Gasteiger partial charge < -0.3 is 10.6 Å². The highest BCUT2D eigenvalue weighted by molar-refractivity contribution is 5.84. The van der Waals surface area contributed by atoms with Crippen molar-refractivity contribution in [2.24, 2.45) is 4.99 Å². The number of fused-ring (bicyclic) bond motifs is 1. The summed E-state index contributed by atoms with van der Waals surface area (Å²) in [5.74, 6) is 0.913. The van der Waals surface area contributed by atoms with Crippen LogP contribution in [0.2, 0.25) is 0 Å². The first-order chi connectivity index (χ1) is 8.83. The van der Waals surface area contributed by atoms with Gasteiger partial charge in [-0.15, -0.1) is 0 Å². The molecule has 0 bridgehead atoms. The van der Waals surface area contributed by atoms with Crippen LogP contribution in [-0.4, -0.2) is 19.0 Å². The van der Waals surface area contributed by atoms with E-state index in [2.05, 4.69) is 65.0 Å². The number of hydrogen-bond acceptors (Lipinski definition) is 3. The number of guanidine groups is 1. The lowest BCUT2D eigenvalue weighted by Gasteiger charge is -2.16. The Morgan fingerprint density at radius 2 is 2.00 bits per heavy atom. The van der Waals surface area contributed by atoms with Gasteiger partial charge in [-0.3, -0.25) is 4.99 Å². The molecule has 18 heavy (non-hydrogen) atoms. The smallest absolute Gasteiger partial charge is 0.191 e. The number of nitrogens with zero attached hydrogens (tertiary/aromatic N) is 1. The molecule has 0 aromatic heterocycles. The highest BCUT2D eigenvalue weighted by atomic mass is 15.2. The first-order valence-electron chi connectivity index (χ1n) is 6.36. The van der Waals surface area contributed by atoms with Crippen LogP contribution >= 0.6 is 0 Å². The Morgan fingerprint density at radius 3 is 2.78 bits per heavy atom. The Morgan fingerprint density at radius 1 is 1.17 bits per heavy atom. The zero-order valence-corrected chi connectivity index (χ0v) is 10.5. The average Bonchev–Trinajstić information content (AvgIpc) is 2.91. The molecular formula is C15H17N3. The maximum atomic E-state index is 4.36. The van der Waals surface area contributed by atoms with Crippen LogP contribution in [0.4, 0.5) is 0 Å². The van der Waals surface area contributed by atoms with E-state index in [0.29, 0.717) is 0 Å². The van der Waals surface area contributed by atoms with Gasteiger partial charge in [-0.25, -0.2) is 0 Å². The third kappa shape index (κ3) is 2.16. The molecule has 1 aliphatic heterocycles. The molecule has 2 aromatic rings. The van der Waals surface area contributed by atoms with Gasteiger partial charge >= 0.3 is 0 Å². The number of rotatable bonds is 2. The van der Waals surface area contributed by atoms with E-state index >= 15 is 0 Å². The number of benzene rings is 2. The predicted octanol–water partition coefficient (Wildman–Crippen LogP) is 2.45. The van der Waals surface area contributed by atoms with Crippen molar-refractivity contribution in [2.45, 2.75) is 13.0 Å². The van der Waals surface area contributed by atoms with E-state index in [1.165, 1.54) is 16.3 Å². The van der Waals surface area contributed by atoms with Gasteiger partial charge in [0.25, 0.3) is 0 Å². The highest BCUT2D eigenvalue weighted by Crippen LogP contribution is 2.20. The monoisotopic (exact) mass is 239 g/mol. The van der Waals surface area contributed by atoms with Gasteiger partial charge in [0.05, 0.1) is 12.6 Å². The molecule has 0 unspecified atom stereocenters. The van der Waals surface area contributed by atoms with Crippen LogP contribution < -0.4 is 10.6 Å². The SMILES string of the molecule is C[C@H](NC1=NCCN1)c1ccc2ccccc2c1. The van der Waals surface area contributed by atoms with Gasteiger partial charge in [-0.05, 0) is 29.3 Å². The molecule has 0 saturated heterocycles. The summed E-state index contributed by atoms with van der Waals surface area (Å²) in [7, 11) is 0.